The van der Waals surface area contributed by atoms with Crippen LogP contribution in [0.4, 0.5) is 18.9 Å². The molecular weight excluding hydrogens is 325 g/mol. The van der Waals surface area contributed by atoms with Crippen LogP contribution in [-0.4, -0.2) is 33.5 Å². The van der Waals surface area contributed by atoms with Gasteiger partial charge in [0.25, 0.3) is 5.91 Å². The predicted molar refractivity (Wildman–Crippen MR) is 81.0 cm³/mol. The number of hydrogen-bond acceptors (Lipinski definition) is 4. The topological polar surface area (TPSA) is 69.0 Å². The molecule has 0 aliphatic carbocycles. The Morgan fingerprint density at radius 1 is 1.33 bits per heavy atom. The molecule has 0 radical (unpaired) electrons. The van der Waals surface area contributed by atoms with Gasteiger partial charge in [-0.3, -0.25) is 9.48 Å². The van der Waals surface area contributed by atoms with Crippen molar-refractivity contribution < 1.29 is 22.7 Å². The Morgan fingerprint density at radius 3 is 2.62 bits per heavy atom. The first kappa shape index (κ1) is 17.8. The van der Waals surface area contributed by atoms with E-state index in [9.17, 15) is 18.0 Å². The predicted octanol–water partition coefficient (Wildman–Crippen LogP) is 3.23. The van der Waals surface area contributed by atoms with E-state index in [0.29, 0.717) is 5.69 Å². The van der Waals surface area contributed by atoms with Crippen LogP contribution in [0.5, 0.6) is 5.88 Å². The molecule has 1 N–H and O–H groups in total. The van der Waals surface area contributed by atoms with E-state index in [1.54, 1.807) is 10.9 Å². The van der Waals surface area contributed by atoms with Gasteiger partial charge in [0.1, 0.15) is 5.56 Å². The van der Waals surface area contributed by atoms with Crippen molar-refractivity contribution in [2.24, 2.45) is 0 Å². The lowest BCUT2D eigenvalue weighted by atomic mass is 10.1. The van der Waals surface area contributed by atoms with Gasteiger partial charge in [0.05, 0.1) is 17.4 Å². The highest BCUT2D eigenvalue weighted by molar-refractivity contribution is 6.05. The number of ether oxygens (including phenoxy) is 1. The molecule has 0 saturated heterocycles. The summed E-state index contributed by atoms with van der Waals surface area (Å²) >= 11 is 0. The Kier molecular flexibility index (Phi) is 4.81. The number of pyridine rings is 1. The normalized spacial score (nSPS) is 12.1. The Morgan fingerprint density at radius 2 is 2.04 bits per heavy atom. The van der Waals surface area contributed by atoms with Gasteiger partial charge in [0, 0.05) is 12.4 Å². The van der Waals surface area contributed by atoms with Crippen LogP contribution in [-0.2, 0) is 5.54 Å². The number of aromatic nitrogens is 3. The van der Waals surface area contributed by atoms with E-state index >= 15 is 0 Å². The van der Waals surface area contributed by atoms with Gasteiger partial charge >= 0.3 is 6.18 Å². The minimum Gasteiger partial charge on any atom is -0.467 e. The molecular formula is C15H17F3N4O2. The van der Waals surface area contributed by atoms with Gasteiger partial charge in [0.15, 0.2) is 6.61 Å². The minimum absolute atomic E-state index is 0.0924. The summed E-state index contributed by atoms with van der Waals surface area (Å²) in [6, 6.07) is 2.77. The molecule has 0 bridgehead atoms. The van der Waals surface area contributed by atoms with E-state index < -0.39 is 18.7 Å². The fraction of sp³-hybridized carbons (Fsp3) is 0.400. The molecule has 2 aromatic heterocycles. The third-order valence-corrected chi connectivity index (χ3v) is 2.92. The summed E-state index contributed by atoms with van der Waals surface area (Å²) < 4.78 is 43.1. The van der Waals surface area contributed by atoms with Crippen molar-refractivity contribution in [3.05, 3.63) is 36.3 Å². The number of halogens is 3. The first-order valence-electron chi connectivity index (χ1n) is 7.07. The van der Waals surface area contributed by atoms with Crippen LogP contribution in [0.1, 0.15) is 31.1 Å². The van der Waals surface area contributed by atoms with Crippen molar-refractivity contribution in [3.63, 3.8) is 0 Å². The van der Waals surface area contributed by atoms with Crippen LogP contribution in [0.3, 0.4) is 0 Å². The van der Waals surface area contributed by atoms with Crippen LogP contribution >= 0.6 is 0 Å². The number of hydrogen-bond donors (Lipinski definition) is 1. The SMILES string of the molecule is CC(C)(C)n1cc(NC(=O)c2cccnc2OCC(F)(F)F)cn1. The molecule has 2 aromatic rings. The van der Waals surface area contributed by atoms with Crippen LogP contribution in [0, 0.1) is 0 Å². The molecule has 2 rings (SSSR count). The second kappa shape index (κ2) is 6.50. The van der Waals surface area contributed by atoms with Crippen LogP contribution in [0.2, 0.25) is 0 Å². The second-order valence-corrected chi connectivity index (χ2v) is 6.06. The third kappa shape index (κ3) is 4.71. The first-order chi connectivity index (χ1) is 11.1. The molecule has 0 atom stereocenters. The summed E-state index contributed by atoms with van der Waals surface area (Å²) in [7, 11) is 0. The van der Waals surface area contributed by atoms with Crippen molar-refractivity contribution in [1.82, 2.24) is 14.8 Å². The van der Waals surface area contributed by atoms with Gasteiger partial charge in [0.2, 0.25) is 5.88 Å². The highest BCUT2D eigenvalue weighted by atomic mass is 19.4. The molecule has 0 unspecified atom stereocenters. The summed E-state index contributed by atoms with van der Waals surface area (Å²) in [5.41, 5.74) is 0.0592. The number of amides is 1. The van der Waals surface area contributed by atoms with Crippen LogP contribution < -0.4 is 10.1 Å². The Bertz CT molecular complexity index is 720. The van der Waals surface area contributed by atoms with E-state index in [1.165, 1.54) is 24.5 Å². The molecule has 9 heteroatoms. The van der Waals surface area contributed by atoms with Gasteiger partial charge in [-0.25, -0.2) is 4.98 Å². The summed E-state index contributed by atoms with van der Waals surface area (Å²) in [6.45, 7) is 4.30. The van der Waals surface area contributed by atoms with Crippen LogP contribution in [0.25, 0.3) is 0 Å². The van der Waals surface area contributed by atoms with E-state index in [0.717, 1.165) is 0 Å². The summed E-state index contributed by atoms with van der Waals surface area (Å²) in [5.74, 6) is -1.01. The largest absolute Gasteiger partial charge is 0.467 e. The second-order valence-electron chi connectivity index (χ2n) is 6.06. The van der Waals surface area contributed by atoms with E-state index in [-0.39, 0.29) is 17.0 Å². The van der Waals surface area contributed by atoms with Crippen molar-refractivity contribution in [1.29, 1.82) is 0 Å². The average molecular weight is 342 g/mol. The molecule has 0 saturated carbocycles. The number of carbonyl (C=O) groups excluding carboxylic acids is 1. The molecule has 0 aromatic carbocycles. The van der Waals surface area contributed by atoms with Gasteiger partial charge in [-0.2, -0.15) is 18.3 Å². The number of carbonyl (C=O) groups is 1. The molecule has 2 heterocycles. The first-order valence-corrected chi connectivity index (χ1v) is 7.07. The zero-order valence-corrected chi connectivity index (χ0v) is 13.4. The quantitative estimate of drug-likeness (QED) is 0.926. The molecule has 6 nitrogen and oxygen atoms in total. The minimum atomic E-state index is -4.51. The fourth-order valence-electron chi connectivity index (χ4n) is 1.78. The Balaban J connectivity index is 2.14. The van der Waals surface area contributed by atoms with Gasteiger partial charge < -0.3 is 10.1 Å². The van der Waals surface area contributed by atoms with Crippen molar-refractivity contribution in [2.45, 2.75) is 32.5 Å². The smallest absolute Gasteiger partial charge is 0.422 e. The standard InChI is InChI=1S/C15H17F3N4O2/c1-14(2,3)22-8-10(7-20-22)21-12(23)11-5-4-6-19-13(11)24-9-15(16,17)18/h4-8H,9H2,1-3H3,(H,21,23). The van der Waals surface area contributed by atoms with Gasteiger partial charge in [-0.15, -0.1) is 0 Å². The lowest BCUT2D eigenvalue weighted by molar-refractivity contribution is -0.154. The Labute approximate surface area is 136 Å². The van der Waals surface area contributed by atoms with Crippen molar-refractivity contribution in [3.8, 4) is 5.88 Å². The van der Waals surface area contributed by atoms with Gasteiger partial charge in [-0.1, -0.05) is 0 Å². The highest BCUT2D eigenvalue weighted by Crippen LogP contribution is 2.21. The van der Waals surface area contributed by atoms with Crippen LogP contribution in [0.15, 0.2) is 30.7 Å². The van der Waals surface area contributed by atoms with E-state index in [4.69, 9.17) is 0 Å². The number of nitrogens with one attached hydrogen (secondary N) is 1. The molecule has 1 amide bonds. The number of rotatable bonds is 4. The zero-order valence-electron chi connectivity index (χ0n) is 13.4. The highest BCUT2D eigenvalue weighted by Gasteiger charge is 2.29. The molecule has 0 fully saturated rings. The lowest BCUT2D eigenvalue weighted by Gasteiger charge is -2.18. The maximum absolute atomic E-state index is 12.3. The lowest BCUT2D eigenvalue weighted by Crippen LogP contribution is -2.22. The molecule has 24 heavy (non-hydrogen) atoms. The van der Waals surface area contributed by atoms with E-state index in [1.807, 2.05) is 20.8 Å². The van der Waals surface area contributed by atoms with E-state index in [2.05, 4.69) is 20.1 Å². The molecule has 0 spiro atoms. The third-order valence-electron chi connectivity index (χ3n) is 2.92. The number of alkyl halides is 3. The molecule has 0 aliphatic rings. The van der Waals surface area contributed by atoms with Crippen molar-refractivity contribution >= 4 is 11.6 Å². The monoisotopic (exact) mass is 342 g/mol. The number of anilines is 1. The molecule has 130 valence electrons. The maximum atomic E-state index is 12.3. The molecule has 0 aliphatic heterocycles. The summed E-state index contributed by atoms with van der Waals surface area (Å²) in [6.07, 6.45) is -0.181. The fourth-order valence-corrected chi connectivity index (χ4v) is 1.78. The Hall–Kier alpha value is -2.58. The maximum Gasteiger partial charge on any atom is 0.422 e. The summed E-state index contributed by atoms with van der Waals surface area (Å²) in [5, 5.41) is 6.70. The number of nitrogens with zero attached hydrogens (tertiary/aromatic N) is 3. The average Bonchev–Trinajstić information content (AvgIpc) is 2.93. The van der Waals surface area contributed by atoms with Gasteiger partial charge in [-0.05, 0) is 32.9 Å². The van der Waals surface area contributed by atoms with Crippen molar-refractivity contribution in [2.75, 3.05) is 11.9 Å². The summed E-state index contributed by atoms with van der Waals surface area (Å²) in [4.78, 5) is 16.0. The zero-order chi connectivity index (χ0) is 18.0.